The Bertz CT molecular complexity index is 320. The monoisotopic (exact) mass is 220 g/mol. The summed E-state index contributed by atoms with van der Waals surface area (Å²) in [6.45, 7) is 3.08. The molecule has 2 heterocycles. The van der Waals surface area contributed by atoms with E-state index in [1.807, 2.05) is 25.4 Å². The van der Waals surface area contributed by atoms with Crippen LogP contribution in [0.25, 0.3) is 0 Å². The molecule has 0 saturated carbocycles. The zero-order valence-electron chi connectivity index (χ0n) is 10.1. The number of nitrogens with zero attached hydrogens (tertiary/aromatic N) is 1. The molecular weight excluding hydrogens is 200 g/mol. The maximum absolute atomic E-state index is 5.88. The molecular formula is C13H20N2O. The second kappa shape index (κ2) is 4.93. The Kier molecular flexibility index (Phi) is 3.56. The number of nitrogens with one attached hydrogen (secondary N) is 1. The van der Waals surface area contributed by atoms with Crippen LogP contribution in [0.2, 0.25) is 0 Å². The van der Waals surface area contributed by atoms with Crippen LogP contribution in [-0.2, 0) is 11.2 Å². The number of ether oxygens (including phenoxy) is 1. The number of likely N-dealkylation sites (N-methyl/N-ethyl adjacent to an activating group) is 1. The third-order valence-electron chi connectivity index (χ3n) is 3.47. The molecule has 1 aromatic rings. The highest BCUT2D eigenvalue weighted by Crippen LogP contribution is 2.29. The van der Waals surface area contributed by atoms with Crippen LogP contribution >= 0.6 is 0 Å². The summed E-state index contributed by atoms with van der Waals surface area (Å²) < 4.78 is 5.88. The number of pyridine rings is 1. The van der Waals surface area contributed by atoms with Gasteiger partial charge in [-0.25, -0.2) is 0 Å². The van der Waals surface area contributed by atoms with E-state index in [-0.39, 0.29) is 5.60 Å². The van der Waals surface area contributed by atoms with Gasteiger partial charge in [-0.1, -0.05) is 6.07 Å². The second-order valence-corrected chi connectivity index (χ2v) is 4.63. The van der Waals surface area contributed by atoms with Gasteiger partial charge in [-0.3, -0.25) is 4.98 Å². The number of rotatable bonds is 4. The molecule has 0 aromatic carbocycles. The Morgan fingerprint density at radius 1 is 1.56 bits per heavy atom. The van der Waals surface area contributed by atoms with E-state index in [0.29, 0.717) is 6.04 Å². The summed E-state index contributed by atoms with van der Waals surface area (Å²) in [6.07, 6.45) is 5.07. The molecule has 0 bridgehead atoms. The first kappa shape index (κ1) is 11.6. The van der Waals surface area contributed by atoms with Gasteiger partial charge in [0.1, 0.15) is 0 Å². The van der Waals surface area contributed by atoms with E-state index >= 15 is 0 Å². The van der Waals surface area contributed by atoms with Crippen molar-refractivity contribution in [2.24, 2.45) is 0 Å². The van der Waals surface area contributed by atoms with Gasteiger partial charge in [-0.05, 0) is 38.9 Å². The van der Waals surface area contributed by atoms with E-state index in [2.05, 4.69) is 23.3 Å². The van der Waals surface area contributed by atoms with Crippen LogP contribution in [0.15, 0.2) is 24.4 Å². The van der Waals surface area contributed by atoms with Crippen LogP contribution in [0, 0.1) is 0 Å². The van der Waals surface area contributed by atoms with Gasteiger partial charge >= 0.3 is 0 Å². The smallest absolute Gasteiger partial charge is 0.0811 e. The Balaban J connectivity index is 2.06. The summed E-state index contributed by atoms with van der Waals surface area (Å²) in [5.74, 6) is 0. The molecule has 0 amide bonds. The fraction of sp³-hybridized carbons (Fsp3) is 0.615. The summed E-state index contributed by atoms with van der Waals surface area (Å²) in [5.41, 5.74) is 1.09. The van der Waals surface area contributed by atoms with Crippen LogP contribution in [0.5, 0.6) is 0 Å². The van der Waals surface area contributed by atoms with Gasteiger partial charge < -0.3 is 10.1 Å². The Hall–Kier alpha value is -0.930. The minimum Gasteiger partial charge on any atom is -0.374 e. The van der Waals surface area contributed by atoms with E-state index in [1.54, 1.807) is 0 Å². The third kappa shape index (κ3) is 2.42. The van der Waals surface area contributed by atoms with Crippen molar-refractivity contribution in [3.05, 3.63) is 30.1 Å². The average Bonchev–Trinajstić information content (AvgIpc) is 2.75. The molecule has 1 aromatic heterocycles. The van der Waals surface area contributed by atoms with Gasteiger partial charge in [0.25, 0.3) is 0 Å². The van der Waals surface area contributed by atoms with Crippen molar-refractivity contribution < 1.29 is 4.74 Å². The standard InChI is InChI=1S/C13H20N2O/c1-13(7-5-9-16-13)12(14-2)10-11-6-3-4-8-15-11/h3-4,6,8,12,14H,5,7,9-10H2,1-2H3. The van der Waals surface area contributed by atoms with E-state index in [9.17, 15) is 0 Å². The van der Waals surface area contributed by atoms with Crippen molar-refractivity contribution in [1.29, 1.82) is 0 Å². The summed E-state index contributed by atoms with van der Waals surface area (Å²) in [5, 5.41) is 3.37. The van der Waals surface area contributed by atoms with Gasteiger partial charge in [0.2, 0.25) is 0 Å². The van der Waals surface area contributed by atoms with Crippen molar-refractivity contribution in [2.45, 2.75) is 37.8 Å². The minimum atomic E-state index is -0.0354. The van der Waals surface area contributed by atoms with Crippen LogP contribution in [0.1, 0.15) is 25.5 Å². The van der Waals surface area contributed by atoms with Crippen molar-refractivity contribution in [3.63, 3.8) is 0 Å². The number of hydrogen-bond donors (Lipinski definition) is 1. The molecule has 88 valence electrons. The Labute approximate surface area is 97.2 Å². The molecule has 2 rings (SSSR count). The molecule has 2 atom stereocenters. The zero-order chi connectivity index (χ0) is 11.4. The van der Waals surface area contributed by atoms with Gasteiger partial charge in [0.05, 0.1) is 5.60 Å². The quantitative estimate of drug-likeness (QED) is 0.840. The third-order valence-corrected chi connectivity index (χ3v) is 3.47. The van der Waals surface area contributed by atoms with Crippen molar-refractivity contribution in [3.8, 4) is 0 Å². The lowest BCUT2D eigenvalue weighted by molar-refractivity contribution is -0.00967. The number of aromatic nitrogens is 1. The minimum absolute atomic E-state index is 0.0354. The van der Waals surface area contributed by atoms with Gasteiger partial charge in [0.15, 0.2) is 0 Å². The molecule has 0 radical (unpaired) electrons. The largest absolute Gasteiger partial charge is 0.374 e. The molecule has 1 saturated heterocycles. The summed E-state index contributed by atoms with van der Waals surface area (Å²) >= 11 is 0. The first-order chi connectivity index (χ1) is 7.74. The second-order valence-electron chi connectivity index (χ2n) is 4.63. The Morgan fingerprint density at radius 3 is 3.00 bits per heavy atom. The van der Waals surface area contributed by atoms with Crippen molar-refractivity contribution in [1.82, 2.24) is 10.3 Å². The number of hydrogen-bond acceptors (Lipinski definition) is 3. The summed E-state index contributed by atoms with van der Waals surface area (Å²) in [7, 11) is 2.00. The highest BCUT2D eigenvalue weighted by molar-refractivity contribution is 5.08. The maximum Gasteiger partial charge on any atom is 0.0811 e. The van der Waals surface area contributed by atoms with Crippen LogP contribution in [-0.4, -0.2) is 30.3 Å². The molecule has 3 nitrogen and oxygen atoms in total. The topological polar surface area (TPSA) is 34.2 Å². The summed E-state index contributed by atoms with van der Waals surface area (Å²) in [6, 6.07) is 6.39. The van der Waals surface area contributed by atoms with Crippen molar-refractivity contribution >= 4 is 0 Å². The lowest BCUT2D eigenvalue weighted by atomic mass is 9.90. The van der Waals surface area contributed by atoms with Gasteiger partial charge in [-0.15, -0.1) is 0 Å². The lowest BCUT2D eigenvalue weighted by Crippen LogP contribution is -2.48. The molecule has 3 heteroatoms. The maximum atomic E-state index is 5.88. The predicted molar refractivity (Wildman–Crippen MR) is 64.4 cm³/mol. The summed E-state index contributed by atoms with van der Waals surface area (Å²) in [4.78, 5) is 4.37. The molecule has 0 spiro atoms. The molecule has 2 unspecified atom stereocenters. The van der Waals surface area contributed by atoms with Crippen LogP contribution < -0.4 is 5.32 Å². The molecule has 1 aliphatic heterocycles. The van der Waals surface area contributed by atoms with E-state index in [1.165, 1.54) is 0 Å². The van der Waals surface area contributed by atoms with E-state index < -0.39 is 0 Å². The first-order valence-corrected chi connectivity index (χ1v) is 5.96. The average molecular weight is 220 g/mol. The fourth-order valence-electron chi connectivity index (χ4n) is 2.43. The van der Waals surface area contributed by atoms with Crippen molar-refractivity contribution in [2.75, 3.05) is 13.7 Å². The molecule has 16 heavy (non-hydrogen) atoms. The molecule has 1 N–H and O–H groups in total. The normalized spacial score (nSPS) is 26.9. The molecule has 1 fully saturated rings. The molecule has 0 aliphatic carbocycles. The van der Waals surface area contributed by atoms with Gasteiger partial charge in [-0.2, -0.15) is 0 Å². The van der Waals surface area contributed by atoms with Gasteiger partial charge in [0, 0.05) is 31.0 Å². The lowest BCUT2D eigenvalue weighted by Gasteiger charge is -2.33. The predicted octanol–water partition coefficient (Wildman–Crippen LogP) is 1.78. The highest BCUT2D eigenvalue weighted by Gasteiger charge is 2.37. The Morgan fingerprint density at radius 2 is 2.44 bits per heavy atom. The van der Waals surface area contributed by atoms with E-state index in [4.69, 9.17) is 4.74 Å². The fourth-order valence-corrected chi connectivity index (χ4v) is 2.43. The SMILES string of the molecule is CNC(Cc1ccccn1)C1(C)CCCO1. The van der Waals surface area contributed by atoms with E-state index in [0.717, 1.165) is 31.6 Å². The zero-order valence-corrected chi connectivity index (χ0v) is 10.1. The van der Waals surface area contributed by atoms with Crippen LogP contribution in [0.4, 0.5) is 0 Å². The molecule has 1 aliphatic rings. The highest BCUT2D eigenvalue weighted by atomic mass is 16.5. The van der Waals surface area contributed by atoms with Crippen LogP contribution in [0.3, 0.4) is 0 Å². The first-order valence-electron chi connectivity index (χ1n) is 5.96.